The van der Waals surface area contributed by atoms with Crippen LogP contribution >= 0.6 is 0 Å². The van der Waals surface area contributed by atoms with E-state index < -0.39 is 11.4 Å². The van der Waals surface area contributed by atoms with Gasteiger partial charge in [-0.2, -0.15) is 0 Å². The summed E-state index contributed by atoms with van der Waals surface area (Å²) in [5, 5.41) is 10.5. The number of fused-ring (bicyclic) bond motifs is 7. The average Bonchev–Trinajstić information content (AvgIpc) is 2.72. The largest absolute Gasteiger partial charge is 0.481 e. The van der Waals surface area contributed by atoms with E-state index in [1.54, 1.807) is 0 Å². The van der Waals surface area contributed by atoms with E-state index in [4.69, 9.17) is 0 Å². The normalized spacial score (nSPS) is 49.1. The number of hydrogen-bond donors (Lipinski definition) is 1. The van der Waals surface area contributed by atoms with Crippen LogP contribution in [-0.4, -0.2) is 22.6 Å². The van der Waals surface area contributed by atoms with Crippen LogP contribution in [0.15, 0.2) is 11.6 Å². The predicted octanol–water partition coefficient (Wildman–Crippen LogP) is 6.62. The third-order valence-electron chi connectivity index (χ3n) is 12.6. The smallest absolute Gasteiger partial charge is 0.309 e. The van der Waals surface area contributed by atoms with Gasteiger partial charge in [-0.1, -0.05) is 54.0 Å². The Bertz CT molecular complexity index is 1000. The number of allylic oxidation sites excluding steroid dienone is 2. The number of ketones is 2. The molecule has 0 amide bonds. The van der Waals surface area contributed by atoms with Gasteiger partial charge in [-0.15, -0.1) is 0 Å². The summed E-state index contributed by atoms with van der Waals surface area (Å²) < 4.78 is 0. The van der Waals surface area contributed by atoms with E-state index >= 15 is 0 Å². The van der Waals surface area contributed by atoms with Gasteiger partial charge in [-0.05, 0) is 90.9 Å². The van der Waals surface area contributed by atoms with Gasteiger partial charge in [-0.25, -0.2) is 0 Å². The van der Waals surface area contributed by atoms with E-state index in [0.717, 1.165) is 38.5 Å². The Morgan fingerprint density at radius 1 is 0.912 bits per heavy atom. The molecule has 0 bridgehead atoms. The molecule has 0 heterocycles. The van der Waals surface area contributed by atoms with Gasteiger partial charge in [0.05, 0.1) is 5.41 Å². The van der Waals surface area contributed by atoms with Crippen molar-refractivity contribution in [1.82, 2.24) is 0 Å². The molecule has 4 heteroatoms. The van der Waals surface area contributed by atoms with Crippen LogP contribution in [0.1, 0.15) is 106 Å². The SMILES string of the molecule is CC1(C)CC[C@]2(C(=O)O)CC[C@]3(C)[C@H](C(=O)C=C4[C@@]5(C)CCC(=O)C(C)(C)[C@@H]5CC[C@]43C)[C@@H]2C1. The van der Waals surface area contributed by atoms with Crippen LogP contribution in [0.5, 0.6) is 0 Å². The molecule has 7 atom stereocenters. The highest BCUT2D eigenvalue weighted by atomic mass is 16.4. The minimum Gasteiger partial charge on any atom is -0.481 e. The van der Waals surface area contributed by atoms with Crippen LogP contribution in [0, 0.1) is 50.2 Å². The van der Waals surface area contributed by atoms with E-state index in [-0.39, 0.29) is 50.6 Å². The number of hydrogen-bond acceptors (Lipinski definition) is 3. The summed E-state index contributed by atoms with van der Waals surface area (Å²) >= 11 is 0. The second-order valence-corrected chi connectivity index (χ2v) is 14.8. The molecule has 5 aliphatic rings. The van der Waals surface area contributed by atoms with E-state index in [1.807, 2.05) is 6.08 Å². The molecule has 4 nitrogen and oxygen atoms in total. The van der Waals surface area contributed by atoms with E-state index in [0.29, 0.717) is 25.0 Å². The van der Waals surface area contributed by atoms with Gasteiger partial charge in [0.2, 0.25) is 0 Å². The van der Waals surface area contributed by atoms with Crippen molar-refractivity contribution in [3.8, 4) is 0 Å². The number of carboxylic acids is 1. The number of carbonyl (C=O) groups excluding carboxylic acids is 2. The van der Waals surface area contributed by atoms with Crippen molar-refractivity contribution in [2.45, 2.75) is 106 Å². The number of rotatable bonds is 1. The first kappa shape index (κ1) is 24.3. The van der Waals surface area contributed by atoms with Gasteiger partial charge < -0.3 is 5.11 Å². The van der Waals surface area contributed by atoms with Crippen molar-refractivity contribution < 1.29 is 19.5 Å². The fraction of sp³-hybridized carbons (Fsp3) is 0.833. The molecule has 0 saturated heterocycles. The summed E-state index contributed by atoms with van der Waals surface area (Å²) in [6, 6.07) is 0. The molecule has 4 saturated carbocycles. The van der Waals surface area contributed by atoms with Crippen molar-refractivity contribution in [3.63, 3.8) is 0 Å². The Morgan fingerprint density at radius 2 is 1.56 bits per heavy atom. The predicted molar refractivity (Wildman–Crippen MR) is 132 cm³/mol. The number of Topliss-reactive ketones (excluding diaryl/α,β-unsaturated/α-hetero) is 1. The molecule has 0 aromatic carbocycles. The van der Waals surface area contributed by atoms with E-state index in [2.05, 4.69) is 48.5 Å². The maximum absolute atomic E-state index is 14.2. The summed E-state index contributed by atoms with van der Waals surface area (Å²) in [6.45, 7) is 15.7. The molecule has 188 valence electrons. The standard InChI is InChI=1S/C30H44O4/c1-25(2)12-14-30(24(33)34)15-13-29(7)23(18(30)17-25)19(31)16-21-27(5)10-9-22(32)26(3,4)20(27)8-11-28(21,29)6/h16,18,20,23H,8-15,17H2,1-7H3,(H,33,34)/t18-,20-,23-,27-,28+,29+,30-/m0/s1. The Hall–Kier alpha value is -1.45. The monoisotopic (exact) mass is 468 g/mol. The highest BCUT2D eigenvalue weighted by Crippen LogP contribution is 2.74. The summed E-state index contributed by atoms with van der Waals surface area (Å²) in [5.74, 6) is -0.248. The summed E-state index contributed by atoms with van der Waals surface area (Å²) in [5.41, 5.74) is -0.333. The van der Waals surface area contributed by atoms with Crippen molar-refractivity contribution in [2.24, 2.45) is 50.2 Å². The highest BCUT2D eigenvalue weighted by molar-refractivity contribution is 5.96. The molecular formula is C30H44O4. The summed E-state index contributed by atoms with van der Waals surface area (Å²) in [4.78, 5) is 39.8. The minimum absolute atomic E-state index is 0.0600. The average molecular weight is 469 g/mol. The lowest BCUT2D eigenvalue weighted by atomic mass is 9.34. The lowest BCUT2D eigenvalue weighted by molar-refractivity contribution is -0.190. The van der Waals surface area contributed by atoms with Crippen LogP contribution in [-0.2, 0) is 14.4 Å². The fourth-order valence-corrected chi connectivity index (χ4v) is 10.2. The van der Waals surface area contributed by atoms with Crippen molar-refractivity contribution in [3.05, 3.63) is 11.6 Å². The van der Waals surface area contributed by atoms with E-state index in [9.17, 15) is 19.5 Å². The maximum atomic E-state index is 14.2. The molecule has 34 heavy (non-hydrogen) atoms. The Kier molecular flexibility index (Phi) is 4.89. The topological polar surface area (TPSA) is 71.4 Å². The summed E-state index contributed by atoms with van der Waals surface area (Å²) in [6.07, 6.45) is 9.24. The zero-order chi connectivity index (χ0) is 25.1. The second kappa shape index (κ2) is 6.85. The number of aliphatic carboxylic acids is 1. The molecule has 1 N–H and O–H groups in total. The quantitative estimate of drug-likeness (QED) is 0.469. The molecule has 0 radical (unpaired) electrons. The third-order valence-corrected chi connectivity index (χ3v) is 12.6. The lowest BCUT2D eigenvalue weighted by Gasteiger charge is -2.69. The van der Waals surface area contributed by atoms with Gasteiger partial charge in [0.1, 0.15) is 5.78 Å². The van der Waals surface area contributed by atoms with Crippen LogP contribution in [0.3, 0.4) is 0 Å². The zero-order valence-electron chi connectivity index (χ0n) is 22.3. The van der Waals surface area contributed by atoms with Crippen molar-refractivity contribution in [1.29, 1.82) is 0 Å². The van der Waals surface area contributed by atoms with Crippen LogP contribution < -0.4 is 0 Å². The molecule has 0 aromatic heterocycles. The molecule has 0 spiro atoms. The van der Waals surface area contributed by atoms with Crippen molar-refractivity contribution >= 4 is 17.5 Å². The van der Waals surface area contributed by atoms with Gasteiger partial charge in [0, 0.05) is 17.8 Å². The molecule has 5 aliphatic carbocycles. The molecule has 0 unspecified atom stereocenters. The molecule has 0 aromatic rings. The maximum Gasteiger partial charge on any atom is 0.309 e. The Labute approximate surface area is 205 Å². The first-order valence-corrected chi connectivity index (χ1v) is 13.6. The van der Waals surface area contributed by atoms with Crippen molar-refractivity contribution in [2.75, 3.05) is 0 Å². The van der Waals surface area contributed by atoms with Crippen LogP contribution in [0.4, 0.5) is 0 Å². The van der Waals surface area contributed by atoms with E-state index in [1.165, 1.54) is 5.57 Å². The van der Waals surface area contributed by atoms with Gasteiger partial charge in [0.15, 0.2) is 5.78 Å². The molecule has 0 aliphatic heterocycles. The zero-order valence-corrected chi connectivity index (χ0v) is 22.3. The third kappa shape index (κ3) is 2.75. The van der Waals surface area contributed by atoms with Gasteiger partial charge in [-0.3, -0.25) is 14.4 Å². The number of carbonyl (C=O) groups is 3. The summed E-state index contributed by atoms with van der Waals surface area (Å²) in [7, 11) is 0. The lowest BCUT2D eigenvalue weighted by Crippen LogP contribution is -2.66. The first-order chi connectivity index (χ1) is 15.6. The number of carboxylic acid groups (broad SMARTS) is 1. The molecular weight excluding hydrogens is 424 g/mol. The molecule has 4 fully saturated rings. The Balaban J connectivity index is 1.66. The highest BCUT2D eigenvalue weighted by Gasteiger charge is 2.70. The first-order valence-electron chi connectivity index (χ1n) is 13.6. The molecule has 5 rings (SSSR count). The minimum atomic E-state index is -0.766. The van der Waals surface area contributed by atoms with Crippen LogP contribution in [0.2, 0.25) is 0 Å². The van der Waals surface area contributed by atoms with Gasteiger partial charge in [0.25, 0.3) is 0 Å². The van der Waals surface area contributed by atoms with Crippen LogP contribution in [0.25, 0.3) is 0 Å². The van der Waals surface area contributed by atoms with Gasteiger partial charge >= 0.3 is 5.97 Å². The second-order valence-electron chi connectivity index (χ2n) is 14.8. The Morgan fingerprint density at radius 3 is 2.21 bits per heavy atom. The fourth-order valence-electron chi connectivity index (χ4n) is 10.2.